The van der Waals surface area contributed by atoms with E-state index in [2.05, 4.69) is 4.74 Å². The molecular formula is C4H8N2O3. The fourth-order valence-corrected chi connectivity index (χ4v) is 0.210. The second kappa shape index (κ2) is 3.16. The molecule has 0 saturated heterocycles. The molecule has 0 saturated carbocycles. The third-order valence-electron chi connectivity index (χ3n) is 0.516. The van der Waals surface area contributed by atoms with E-state index in [0.29, 0.717) is 0 Å². The third-order valence-corrected chi connectivity index (χ3v) is 0.516. The number of esters is 2. The van der Waals surface area contributed by atoms with Crippen LogP contribution in [0.3, 0.4) is 0 Å². The highest BCUT2D eigenvalue weighted by molar-refractivity contribution is 5.86. The minimum atomic E-state index is -1.23. The van der Waals surface area contributed by atoms with Gasteiger partial charge in [-0.05, 0) is 0 Å². The Morgan fingerprint density at radius 1 is 1.44 bits per heavy atom. The average molecular weight is 132 g/mol. The molecule has 0 aliphatic heterocycles. The molecule has 0 fully saturated rings. The van der Waals surface area contributed by atoms with E-state index in [1.54, 1.807) is 0 Å². The molecule has 0 aromatic heterocycles. The largest absolute Gasteiger partial charge is 0.391 e. The van der Waals surface area contributed by atoms with E-state index >= 15 is 0 Å². The lowest BCUT2D eigenvalue weighted by molar-refractivity contribution is -0.158. The van der Waals surface area contributed by atoms with Crippen LogP contribution in [-0.2, 0) is 14.3 Å². The maximum absolute atomic E-state index is 10.3. The highest BCUT2D eigenvalue weighted by atomic mass is 16.6. The van der Waals surface area contributed by atoms with Crippen molar-refractivity contribution in [1.82, 2.24) is 0 Å². The molecule has 0 amide bonds. The number of carbonyl (C=O) groups is 2. The topological polar surface area (TPSA) is 95.4 Å². The van der Waals surface area contributed by atoms with E-state index in [-0.39, 0.29) is 0 Å². The summed E-state index contributed by atoms with van der Waals surface area (Å²) >= 11 is 0. The number of carbonyl (C=O) groups excluding carboxylic acids is 2. The summed E-state index contributed by atoms with van der Waals surface area (Å²) < 4.78 is 3.98. The fourth-order valence-electron chi connectivity index (χ4n) is 0.210. The van der Waals surface area contributed by atoms with Crippen molar-refractivity contribution in [2.75, 3.05) is 0 Å². The Morgan fingerprint density at radius 3 is 2.00 bits per heavy atom. The Morgan fingerprint density at radius 2 is 1.89 bits per heavy atom. The van der Waals surface area contributed by atoms with Crippen molar-refractivity contribution in [2.24, 2.45) is 11.5 Å². The van der Waals surface area contributed by atoms with Crippen molar-refractivity contribution in [3.8, 4) is 0 Å². The minimum Gasteiger partial charge on any atom is -0.391 e. The van der Waals surface area contributed by atoms with Gasteiger partial charge in [0.05, 0.1) is 0 Å². The number of hydrogen-bond acceptors (Lipinski definition) is 5. The minimum absolute atomic E-state index is 0.707. The molecule has 5 heteroatoms. The summed E-state index contributed by atoms with van der Waals surface area (Å²) in [4.78, 5) is 20.3. The smallest absolute Gasteiger partial charge is 0.345 e. The third kappa shape index (κ3) is 3.63. The first-order valence-corrected chi connectivity index (χ1v) is 2.27. The van der Waals surface area contributed by atoms with E-state index in [1.807, 2.05) is 0 Å². The second-order valence-corrected chi connectivity index (χ2v) is 1.44. The van der Waals surface area contributed by atoms with Gasteiger partial charge in [0.15, 0.2) is 6.17 Å². The zero-order valence-corrected chi connectivity index (χ0v) is 4.96. The Bertz CT molecular complexity index is 132. The number of rotatable bonds is 1. The van der Waals surface area contributed by atoms with E-state index in [0.717, 1.165) is 6.92 Å². The Hall–Kier alpha value is -0.940. The van der Waals surface area contributed by atoms with Gasteiger partial charge in [-0.3, -0.25) is 4.79 Å². The molecular weight excluding hydrogens is 124 g/mol. The lowest BCUT2D eigenvalue weighted by Gasteiger charge is -2.00. The predicted molar refractivity (Wildman–Crippen MR) is 28.9 cm³/mol. The monoisotopic (exact) mass is 132 g/mol. The van der Waals surface area contributed by atoms with Gasteiger partial charge in [-0.1, -0.05) is 0 Å². The summed E-state index contributed by atoms with van der Waals surface area (Å²) in [6.45, 7) is 1.10. The van der Waals surface area contributed by atoms with Gasteiger partial charge in [-0.15, -0.1) is 0 Å². The zero-order valence-electron chi connectivity index (χ0n) is 4.96. The van der Waals surface area contributed by atoms with E-state index < -0.39 is 18.1 Å². The van der Waals surface area contributed by atoms with Gasteiger partial charge in [0.25, 0.3) is 0 Å². The zero-order chi connectivity index (χ0) is 7.44. The Balaban J connectivity index is 3.64. The van der Waals surface area contributed by atoms with Gasteiger partial charge in [0.1, 0.15) is 0 Å². The van der Waals surface area contributed by atoms with Gasteiger partial charge in [0.2, 0.25) is 0 Å². The molecule has 0 rings (SSSR count). The van der Waals surface area contributed by atoms with Crippen molar-refractivity contribution in [3.63, 3.8) is 0 Å². The number of nitrogens with two attached hydrogens (primary N) is 2. The molecule has 0 radical (unpaired) electrons. The lowest BCUT2D eigenvalue weighted by Crippen LogP contribution is -2.41. The quantitative estimate of drug-likeness (QED) is 0.252. The van der Waals surface area contributed by atoms with E-state index in [4.69, 9.17) is 11.5 Å². The average Bonchev–Trinajstić information content (AvgIpc) is 1.63. The summed E-state index contributed by atoms with van der Waals surface area (Å²) in [5.41, 5.74) is 9.67. The van der Waals surface area contributed by atoms with Gasteiger partial charge >= 0.3 is 11.9 Å². The maximum Gasteiger partial charge on any atom is 0.345 e. The Kier molecular flexibility index (Phi) is 2.83. The summed E-state index contributed by atoms with van der Waals surface area (Å²) in [5, 5.41) is 0. The highest BCUT2D eigenvalue weighted by Gasteiger charge is 2.10. The first kappa shape index (κ1) is 8.06. The van der Waals surface area contributed by atoms with Crippen LogP contribution in [0.15, 0.2) is 0 Å². The van der Waals surface area contributed by atoms with Crippen molar-refractivity contribution in [2.45, 2.75) is 13.1 Å². The fraction of sp³-hybridized carbons (Fsp3) is 0.500. The molecule has 0 spiro atoms. The van der Waals surface area contributed by atoms with Crippen molar-refractivity contribution >= 4 is 11.9 Å². The van der Waals surface area contributed by atoms with Crippen LogP contribution in [0.5, 0.6) is 0 Å². The van der Waals surface area contributed by atoms with Crippen LogP contribution in [0, 0.1) is 0 Å². The molecule has 9 heavy (non-hydrogen) atoms. The maximum atomic E-state index is 10.3. The summed E-state index contributed by atoms with van der Waals surface area (Å²) in [7, 11) is 0. The first-order chi connectivity index (χ1) is 4.04. The molecule has 0 bridgehead atoms. The second-order valence-electron chi connectivity index (χ2n) is 1.44. The van der Waals surface area contributed by atoms with Crippen molar-refractivity contribution < 1.29 is 14.3 Å². The van der Waals surface area contributed by atoms with Crippen LogP contribution in [0.4, 0.5) is 0 Å². The molecule has 52 valence electrons. The standard InChI is InChI=1S/C4H8N2O3/c1-2(7)9-4(8)3(5)6/h3H,5-6H2,1H3. The summed E-state index contributed by atoms with van der Waals surface area (Å²) in [6.07, 6.45) is -1.23. The van der Waals surface area contributed by atoms with Crippen LogP contribution in [0.2, 0.25) is 0 Å². The normalized spacial score (nSPS) is 9.33. The van der Waals surface area contributed by atoms with E-state index in [1.165, 1.54) is 0 Å². The Labute approximate surface area is 52.0 Å². The molecule has 0 aromatic carbocycles. The van der Waals surface area contributed by atoms with Crippen LogP contribution >= 0.6 is 0 Å². The summed E-state index contributed by atoms with van der Waals surface area (Å²) in [6, 6.07) is 0. The van der Waals surface area contributed by atoms with Gasteiger partial charge < -0.3 is 16.2 Å². The molecule has 4 N–H and O–H groups in total. The highest BCUT2D eigenvalue weighted by Crippen LogP contribution is 1.78. The molecule has 5 nitrogen and oxygen atoms in total. The van der Waals surface area contributed by atoms with Crippen LogP contribution in [0.1, 0.15) is 6.92 Å². The van der Waals surface area contributed by atoms with Crippen LogP contribution in [0.25, 0.3) is 0 Å². The first-order valence-electron chi connectivity index (χ1n) is 2.27. The van der Waals surface area contributed by atoms with Crippen LogP contribution in [-0.4, -0.2) is 18.1 Å². The van der Waals surface area contributed by atoms with Gasteiger partial charge in [0, 0.05) is 6.92 Å². The van der Waals surface area contributed by atoms with Crippen molar-refractivity contribution in [1.29, 1.82) is 0 Å². The molecule has 0 heterocycles. The molecule has 0 aliphatic rings. The lowest BCUT2D eigenvalue weighted by atomic mass is 10.5. The number of ether oxygens (including phenoxy) is 1. The molecule has 0 unspecified atom stereocenters. The molecule has 0 aromatic rings. The van der Waals surface area contributed by atoms with Crippen molar-refractivity contribution in [3.05, 3.63) is 0 Å². The van der Waals surface area contributed by atoms with E-state index in [9.17, 15) is 9.59 Å². The summed E-state index contributed by atoms with van der Waals surface area (Å²) in [5.74, 6) is -1.62. The van der Waals surface area contributed by atoms with Crippen LogP contribution < -0.4 is 11.5 Å². The number of hydrogen-bond donors (Lipinski definition) is 2. The predicted octanol–water partition coefficient (Wildman–Crippen LogP) is -1.68. The SMILES string of the molecule is CC(=O)OC(=O)C(N)N. The van der Waals surface area contributed by atoms with Gasteiger partial charge in [-0.2, -0.15) is 0 Å². The molecule has 0 atom stereocenters. The van der Waals surface area contributed by atoms with Gasteiger partial charge in [-0.25, -0.2) is 4.79 Å². The molecule has 0 aliphatic carbocycles.